The molecule has 2 aromatic carbocycles. The Morgan fingerprint density at radius 1 is 1.06 bits per heavy atom. The summed E-state index contributed by atoms with van der Waals surface area (Å²) in [7, 11) is 0. The van der Waals surface area contributed by atoms with Gasteiger partial charge < -0.3 is 5.11 Å². The maximum absolute atomic E-state index is 10.4. The van der Waals surface area contributed by atoms with E-state index in [1.165, 1.54) is 5.56 Å². The number of hydrogen-bond donors (Lipinski definition) is 1. The standard InChI is InChI=1S/C16H15NO/c1-11-4-3-5-15(12(11)2)16(18)14-8-6-13(10-17)7-9-14/h3-9,16,18H,1-2H3. The first-order valence-corrected chi connectivity index (χ1v) is 5.87. The van der Waals surface area contributed by atoms with Crippen molar-refractivity contribution in [1.29, 1.82) is 5.26 Å². The van der Waals surface area contributed by atoms with Crippen LogP contribution in [0.1, 0.15) is 33.9 Å². The van der Waals surface area contributed by atoms with Gasteiger partial charge in [-0.05, 0) is 48.2 Å². The molecule has 18 heavy (non-hydrogen) atoms. The molecule has 0 bridgehead atoms. The van der Waals surface area contributed by atoms with E-state index < -0.39 is 6.10 Å². The molecule has 0 saturated carbocycles. The summed E-state index contributed by atoms with van der Waals surface area (Å²) in [5.74, 6) is 0. The molecule has 1 atom stereocenters. The summed E-state index contributed by atoms with van der Waals surface area (Å²) in [6, 6.07) is 15.0. The predicted octanol–water partition coefficient (Wildman–Crippen LogP) is 3.26. The number of benzene rings is 2. The van der Waals surface area contributed by atoms with Gasteiger partial charge in [0.25, 0.3) is 0 Å². The first-order chi connectivity index (χ1) is 8.63. The van der Waals surface area contributed by atoms with Gasteiger partial charge in [-0.15, -0.1) is 0 Å². The summed E-state index contributed by atoms with van der Waals surface area (Å²) < 4.78 is 0. The quantitative estimate of drug-likeness (QED) is 0.871. The average Bonchev–Trinajstić information content (AvgIpc) is 2.41. The molecule has 0 fully saturated rings. The van der Waals surface area contributed by atoms with Crippen LogP contribution in [0.4, 0.5) is 0 Å². The summed E-state index contributed by atoms with van der Waals surface area (Å²) in [6.07, 6.45) is -0.641. The Labute approximate surface area is 107 Å². The molecule has 2 rings (SSSR count). The van der Waals surface area contributed by atoms with E-state index in [-0.39, 0.29) is 0 Å². The molecule has 1 N–H and O–H groups in total. The maximum Gasteiger partial charge on any atom is 0.104 e. The van der Waals surface area contributed by atoms with E-state index in [1.807, 2.05) is 32.0 Å². The SMILES string of the molecule is Cc1cccc(C(O)c2ccc(C#N)cc2)c1C. The smallest absolute Gasteiger partial charge is 0.104 e. The Balaban J connectivity index is 2.38. The molecule has 2 nitrogen and oxygen atoms in total. The van der Waals surface area contributed by atoms with Crippen molar-refractivity contribution >= 4 is 0 Å². The van der Waals surface area contributed by atoms with Crippen molar-refractivity contribution in [3.05, 3.63) is 70.3 Å². The average molecular weight is 237 g/mol. The lowest BCUT2D eigenvalue weighted by atomic mass is 9.94. The van der Waals surface area contributed by atoms with Crippen molar-refractivity contribution in [3.63, 3.8) is 0 Å². The molecule has 0 heterocycles. The van der Waals surface area contributed by atoms with Gasteiger partial charge in [-0.1, -0.05) is 30.3 Å². The summed E-state index contributed by atoms with van der Waals surface area (Å²) in [5, 5.41) is 19.1. The number of nitriles is 1. The van der Waals surface area contributed by atoms with Gasteiger partial charge in [-0.2, -0.15) is 5.26 Å². The maximum atomic E-state index is 10.4. The number of aliphatic hydroxyl groups is 1. The zero-order chi connectivity index (χ0) is 13.1. The minimum absolute atomic E-state index is 0.604. The Morgan fingerprint density at radius 2 is 1.72 bits per heavy atom. The molecule has 2 heteroatoms. The van der Waals surface area contributed by atoms with Crippen LogP contribution < -0.4 is 0 Å². The van der Waals surface area contributed by atoms with Gasteiger partial charge in [0.2, 0.25) is 0 Å². The van der Waals surface area contributed by atoms with Gasteiger partial charge in [0, 0.05) is 0 Å². The zero-order valence-electron chi connectivity index (χ0n) is 10.5. The number of aliphatic hydroxyl groups excluding tert-OH is 1. The van der Waals surface area contributed by atoms with Crippen LogP contribution in [0.15, 0.2) is 42.5 Å². The summed E-state index contributed by atoms with van der Waals surface area (Å²) in [5.41, 5.74) is 4.60. The van der Waals surface area contributed by atoms with Crippen LogP contribution in [0, 0.1) is 25.2 Å². The van der Waals surface area contributed by atoms with Crippen molar-refractivity contribution in [2.45, 2.75) is 20.0 Å². The molecule has 0 amide bonds. The highest BCUT2D eigenvalue weighted by atomic mass is 16.3. The third kappa shape index (κ3) is 2.27. The van der Waals surface area contributed by atoms with Crippen LogP contribution in [0.25, 0.3) is 0 Å². The topological polar surface area (TPSA) is 44.0 Å². The molecule has 0 aliphatic carbocycles. The van der Waals surface area contributed by atoms with Crippen LogP contribution >= 0.6 is 0 Å². The van der Waals surface area contributed by atoms with Gasteiger partial charge in [0.15, 0.2) is 0 Å². The largest absolute Gasteiger partial charge is 0.384 e. The highest BCUT2D eigenvalue weighted by Gasteiger charge is 2.13. The van der Waals surface area contributed by atoms with Gasteiger partial charge in [0.05, 0.1) is 11.6 Å². The van der Waals surface area contributed by atoms with E-state index in [0.29, 0.717) is 5.56 Å². The van der Waals surface area contributed by atoms with E-state index in [1.54, 1.807) is 24.3 Å². The van der Waals surface area contributed by atoms with Crippen LogP contribution in [0.5, 0.6) is 0 Å². The molecule has 2 aromatic rings. The van der Waals surface area contributed by atoms with E-state index in [4.69, 9.17) is 5.26 Å². The fourth-order valence-electron chi connectivity index (χ4n) is 1.99. The highest BCUT2D eigenvalue weighted by molar-refractivity contribution is 5.41. The Hall–Kier alpha value is -2.11. The summed E-state index contributed by atoms with van der Waals surface area (Å²) in [4.78, 5) is 0. The van der Waals surface area contributed by atoms with E-state index >= 15 is 0 Å². The van der Waals surface area contributed by atoms with Crippen molar-refractivity contribution in [1.82, 2.24) is 0 Å². The van der Waals surface area contributed by atoms with Gasteiger partial charge in [-0.3, -0.25) is 0 Å². The summed E-state index contributed by atoms with van der Waals surface area (Å²) in [6.45, 7) is 4.04. The second kappa shape index (κ2) is 5.03. The third-order valence-corrected chi connectivity index (χ3v) is 3.30. The molecule has 0 spiro atoms. The van der Waals surface area contributed by atoms with Gasteiger partial charge in [0.1, 0.15) is 6.10 Å². The zero-order valence-corrected chi connectivity index (χ0v) is 10.5. The van der Waals surface area contributed by atoms with Crippen LogP contribution in [-0.2, 0) is 0 Å². The van der Waals surface area contributed by atoms with Crippen molar-refractivity contribution in [3.8, 4) is 6.07 Å². The lowest BCUT2D eigenvalue weighted by Crippen LogP contribution is -2.03. The van der Waals surface area contributed by atoms with Crippen molar-refractivity contribution in [2.75, 3.05) is 0 Å². The second-order valence-electron chi connectivity index (χ2n) is 4.43. The number of hydrogen-bond acceptors (Lipinski definition) is 2. The number of nitrogens with zero attached hydrogens (tertiary/aromatic N) is 1. The second-order valence-corrected chi connectivity index (χ2v) is 4.43. The molecular formula is C16H15NO. The third-order valence-electron chi connectivity index (χ3n) is 3.30. The summed E-state index contributed by atoms with van der Waals surface area (Å²) >= 11 is 0. The van der Waals surface area contributed by atoms with E-state index in [0.717, 1.165) is 16.7 Å². The molecule has 0 aliphatic heterocycles. The van der Waals surface area contributed by atoms with Crippen molar-refractivity contribution < 1.29 is 5.11 Å². The number of aryl methyl sites for hydroxylation is 1. The number of rotatable bonds is 2. The molecule has 0 aromatic heterocycles. The van der Waals surface area contributed by atoms with Crippen molar-refractivity contribution in [2.24, 2.45) is 0 Å². The minimum Gasteiger partial charge on any atom is -0.384 e. The lowest BCUT2D eigenvalue weighted by molar-refractivity contribution is 0.219. The minimum atomic E-state index is -0.641. The molecule has 0 radical (unpaired) electrons. The Bertz CT molecular complexity index is 593. The van der Waals surface area contributed by atoms with Crippen LogP contribution in [-0.4, -0.2) is 5.11 Å². The van der Waals surface area contributed by atoms with Gasteiger partial charge >= 0.3 is 0 Å². The monoisotopic (exact) mass is 237 g/mol. The molecule has 0 aliphatic rings. The molecular weight excluding hydrogens is 222 g/mol. The fraction of sp³-hybridized carbons (Fsp3) is 0.188. The van der Waals surface area contributed by atoms with Crippen LogP contribution in [0.2, 0.25) is 0 Å². The predicted molar refractivity (Wildman–Crippen MR) is 71.1 cm³/mol. The van der Waals surface area contributed by atoms with Gasteiger partial charge in [-0.25, -0.2) is 0 Å². The molecule has 90 valence electrons. The van der Waals surface area contributed by atoms with E-state index in [2.05, 4.69) is 6.07 Å². The lowest BCUT2D eigenvalue weighted by Gasteiger charge is -2.15. The fourth-order valence-corrected chi connectivity index (χ4v) is 1.99. The van der Waals surface area contributed by atoms with Crippen LogP contribution in [0.3, 0.4) is 0 Å². The first-order valence-electron chi connectivity index (χ1n) is 5.87. The molecule has 0 saturated heterocycles. The first kappa shape index (κ1) is 12.3. The Kier molecular flexibility index (Phi) is 3.45. The molecule has 1 unspecified atom stereocenters. The van der Waals surface area contributed by atoms with E-state index in [9.17, 15) is 5.11 Å². The Morgan fingerprint density at radius 3 is 2.33 bits per heavy atom. The normalized spacial score (nSPS) is 11.9. The highest BCUT2D eigenvalue weighted by Crippen LogP contribution is 2.26.